The third kappa shape index (κ3) is 1.55. The highest BCUT2D eigenvalue weighted by Crippen LogP contribution is 2.23. The zero-order chi connectivity index (χ0) is 7.68. The van der Waals surface area contributed by atoms with E-state index in [1.54, 1.807) is 0 Å². The Balaban J connectivity index is 1.91. The normalized spacial score (nSPS) is 34.1. The van der Waals surface area contributed by atoms with Crippen molar-refractivity contribution in [3.8, 4) is 0 Å². The molecule has 0 aromatic carbocycles. The maximum atomic E-state index is 2.65. The first-order chi connectivity index (χ1) is 5.40. The summed E-state index contributed by atoms with van der Waals surface area (Å²) in [5, 5.41) is 0. The van der Waals surface area contributed by atoms with Crippen molar-refractivity contribution in [2.75, 3.05) is 32.4 Å². The SMILES string of the molecule is CSN1CCN2CCCC2C1. The van der Waals surface area contributed by atoms with E-state index in [0.717, 1.165) is 6.04 Å². The number of hydrogen-bond acceptors (Lipinski definition) is 3. The van der Waals surface area contributed by atoms with E-state index in [2.05, 4.69) is 15.5 Å². The molecule has 0 radical (unpaired) electrons. The molecule has 2 aliphatic heterocycles. The Kier molecular flexibility index (Phi) is 2.39. The lowest BCUT2D eigenvalue weighted by molar-refractivity contribution is 0.166. The van der Waals surface area contributed by atoms with Crippen molar-refractivity contribution < 1.29 is 0 Å². The van der Waals surface area contributed by atoms with Crippen LogP contribution in [0, 0.1) is 0 Å². The Morgan fingerprint density at radius 2 is 2.18 bits per heavy atom. The average Bonchev–Trinajstić information content (AvgIpc) is 2.50. The van der Waals surface area contributed by atoms with Crippen molar-refractivity contribution in [3.63, 3.8) is 0 Å². The van der Waals surface area contributed by atoms with Gasteiger partial charge in [-0.05, 0) is 25.6 Å². The smallest absolute Gasteiger partial charge is 0.0246 e. The van der Waals surface area contributed by atoms with Crippen LogP contribution in [-0.2, 0) is 0 Å². The Morgan fingerprint density at radius 3 is 3.00 bits per heavy atom. The highest BCUT2D eigenvalue weighted by Gasteiger charge is 2.29. The molecule has 2 rings (SSSR count). The first-order valence-electron chi connectivity index (χ1n) is 4.43. The zero-order valence-electron chi connectivity index (χ0n) is 7.12. The molecule has 2 fully saturated rings. The molecule has 3 heteroatoms. The van der Waals surface area contributed by atoms with Crippen LogP contribution < -0.4 is 0 Å². The second-order valence-corrected chi connectivity index (χ2v) is 4.28. The molecule has 0 N–H and O–H groups in total. The summed E-state index contributed by atoms with van der Waals surface area (Å²) in [5.41, 5.74) is 0. The van der Waals surface area contributed by atoms with Crippen LogP contribution in [0.2, 0.25) is 0 Å². The lowest BCUT2D eigenvalue weighted by Gasteiger charge is -2.35. The molecular weight excluding hydrogens is 156 g/mol. The quantitative estimate of drug-likeness (QED) is 0.546. The molecule has 0 aromatic heterocycles. The van der Waals surface area contributed by atoms with Gasteiger partial charge in [-0.3, -0.25) is 4.90 Å². The standard InChI is InChI=1S/C8H16N2S/c1-11-10-6-5-9-4-2-3-8(9)7-10/h8H,2-7H2,1H3. The molecule has 2 aliphatic rings. The molecule has 0 spiro atoms. The van der Waals surface area contributed by atoms with Gasteiger partial charge in [-0.25, -0.2) is 4.31 Å². The summed E-state index contributed by atoms with van der Waals surface area (Å²) in [4.78, 5) is 2.65. The third-order valence-corrected chi connectivity index (χ3v) is 3.66. The Hall–Kier alpha value is 0.270. The van der Waals surface area contributed by atoms with Crippen molar-refractivity contribution in [2.24, 2.45) is 0 Å². The van der Waals surface area contributed by atoms with Crippen LogP contribution in [0.25, 0.3) is 0 Å². The first-order valence-corrected chi connectivity index (χ1v) is 5.61. The van der Waals surface area contributed by atoms with Crippen LogP contribution >= 0.6 is 11.9 Å². The fourth-order valence-corrected chi connectivity index (χ4v) is 2.71. The molecule has 0 bridgehead atoms. The number of fused-ring (bicyclic) bond motifs is 1. The summed E-state index contributed by atoms with van der Waals surface area (Å²) >= 11 is 1.90. The lowest BCUT2D eigenvalue weighted by atomic mass is 10.2. The molecule has 1 atom stereocenters. The molecule has 64 valence electrons. The van der Waals surface area contributed by atoms with Crippen LogP contribution in [-0.4, -0.2) is 47.7 Å². The van der Waals surface area contributed by atoms with E-state index in [9.17, 15) is 0 Å². The summed E-state index contributed by atoms with van der Waals surface area (Å²) in [6.45, 7) is 5.21. The van der Waals surface area contributed by atoms with Gasteiger partial charge in [0.2, 0.25) is 0 Å². The van der Waals surface area contributed by atoms with Gasteiger partial charge in [0, 0.05) is 25.7 Å². The summed E-state index contributed by atoms with van der Waals surface area (Å²) in [6.07, 6.45) is 5.04. The number of hydrogen-bond donors (Lipinski definition) is 0. The van der Waals surface area contributed by atoms with E-state index in [1.165, 1.54) is 39.0 Å². The van der Waals surface area contributed by atoms with Gasteiger partial charge < -0.3 is 0 Å². The fraction of sp³-hybridized carbons (Fsp3) is 1.00. The summed E-state index contributed by atoms with van der Waals surface area (Å²) in [5.74, 6) is 0. The monoisotopic (exact) mass is 172 g/mol. The average molecular weight is 172 g/mol. The van der Waals surface area contributed by atoms with Crippen LogP contribution in [0.1, 0.15) is 12.8 Å². The van der Waals surface area contributed by atoms with E-state index in [4.69, 9.17) is 0 Å². The lowest BCUT2D eigenvalue weighted by Crippen LogP contribution is -2.47. The van der Waals surface area contributed by atoms with Crippen LogP contribution in [0.15, 0.2) is 0 Å². The van der Waals surface area contributed by atoms with Crippen molar-refractivity contribution in [1.82, 2.24) is 9.21 Å². The van der Waals surface area contributed by atoms with Crippen molar-refractivity contribution in [3.05, 3.63) is 0 Å². The minimum absolute atomic E-state index is 0.885. The van der Waals surface area contributed by atoms with Crippen molar-refractivity contribution >= 4 is 11.9 Å². The van der Waals surface area contributed by atoms with E-state index in [-0.39, 0.29) is 0 Å². The maximum Gasteiger partial charge on any atom is 0.0246 e. The summed E-state index contributed by atoms with van der Waals surface area (Å²) < 4.78 is 2.49. The molecule has 0 aliphatic carbocycles. The molecular formula is C8H16N2S. The number of nitrogens with zero attached hydrogens (tertiary/aromatic N) is 2. The van der Waals surface area contributed by atoms with Gasteiger partial charge in [0.05, 0.1) is 0 Å². The molecule has 2 saturated heterocycles. The second-order valence-electron chi connectivity index (χ2n) is 3.40. The molecule has 11 heavy (non-hydrogen) atoms. The first kappa shape index (κ1) is 7.90. The Bertz CT molecular complexity index is 140. The largest absolute Gasteiger partial charge is 0.298 e. The maximum absolute atomic E-state index is 2.65. The fourth-order valence-electron chi connectivity index (χ4n) is 2.13. The Morgan fingerprint density at radius 1 is 1.27 bits per heavy atom. The van der Waals surface area contributed by atoms with E-state index in [1.807, 2.05) is 11.9 Å². The van der Waals surface area contributed by atoms with Gasteiger partial charge in [0.25, 0.3) is 0 Å². The van der Waals surface area contributed by atoms with Crippen LogP contribution in [0.3, 0.4) is 0 Å². The van der Waals surface area contributed by atoms with Gasteiger partial charge in [-0.15, -0.1) is 0 Å². The molecule has 1 unspecified atom stereocenters. The number of piperazine rings is 1. The molecule has 0 amide bonds. The summed E-state index contributed by atoms with van der Waals surface area (Å²) in [6, 6.07) is 0.885. The minimum Gasteiger partial charge on any atom is -0.298 e. The topological polar surface area (TPSA) is 6.48 Å². The van der Waals surface area contributed by atoms with Crippen LogP contribution in [0.4, 0.5) is 0 Å². The predicted octanol–water partition coefficient (Wildman–Crippen LogP) is 1.04. The molecule has 0 saturated carbocycles. The summed E-state index contributed by atoms with van der Waals surface area (Å²) in [7, 11) is 0. The second kappa shape index (κ2) is 3.33. The van der Waals surface area contributed by atoms with Gasteiger partial charge in [-0.2, -0.15) is 0 Å². The van der Waals surface area contributed by atoms with Gasteiger partial charge in [-0.1, -0.05) is 11.9 Å². The number of rotatable bonds is 1. The molecule has 0 aromatic rings. The highest BCUT2D eigenvalue weighted by atomic mass is 32.2. The van der Waals surface area contributed by atoms with E-state index < -0.39 is 0 Å². The van der Waals surface area contributed by atoms with Gasteiger partial charge >= 0.3 is 0 Å². The third-order valence-electron chi connectivity index (χ3n) is 2.81. The van der Waals surface area contributed by atoms with Gasteiger partial charge in [0.15, 0.2) is 0 Å². The van der Waals surface area contributed by atoms with E-state index >= 15 is 0 Å². The molecule has 2 heterocycles. The predicted molar refractivity (Wildman–Crippen MR) is 49.7 cm³/mol. The van der Waals surface area contributed by atoms with Crippen molar-refractivity contribution in [2.45, 2.75) is 18.9 Å². The minimum atomic E-state index is 0.885. The van der Waals surface area contributed by atoms with Gasteiger partial charge in [0.1, 0.15) is 0 Å². The molecule has 2 nitrogen and oxygen atoms in total. The van der Waals surface area contributed by atoms with Crippen LogP contribution in [0.5, 0.6) is 0 Å². The van der Waals surface area contributed by atoms with E-state index in [0.29, 0.717) is 0 Å². The Labute approximate surface area is 73.1 Å². The van der Waals surface area contributed by atoms with Crippen molar-refractivity contribution in [1.29, 1.82) is 0 Å². The highest BCUT2D eigenvalue weighted by molar-refractivity contribution is 7.96. The zero-order valence-corrected chi connectivity index (χ0v) is 7.94.